The van der Waals surface area contributed by atoms with Gasteiger partial charge in [-0.25, -0.2) is 4.90 Å². The highest BCUT2D eigenvalue weighted by Gasteiger charge is 2.52. The van der Waals surface area contributed by atoms with E-state index in [1.165, 1.54) is 13.0 Å². The molecule has 1 aliphatic carbocycles. The van der Waals surface area contributed by atoms with Crippen LogP contribution >= 0.6 is 0 Å². The Labute approximate surface area is 74.9 Å². The van der Waals surface area contributed by atoms with Gasteiger partial charge in [0.15, 0.2) is 6.10 Å². The van der Waals surface area contributed by atoms with Crippen LogP contribution in [0, 0.1) is 11.8 Å². The fourth-order valence-electron chi connectivity index (χ4n) is 2.13. The normalized spacial score (nSPS) is 50.8. The molecule has 1 saturated carbocycles. The maximum absolute atomic E-state index is 4.71. The number of rotatable bonds is 4. The van der Waals surface area contributed by atoms with Crippen molar-refractivity contribution >= 4 is 0 Å². The third kappa shape index (κ3) is 1.50. The fourth-order valence-corrected chi connectivity index (χ4v) is 2.13. The summed E-state index contributed by atoms with van der Waals surface area (Å²) in [5.74, 6) is 1.77. The number of hydrogen-bond acceptors (Lipinski definition) is 1. The molecule has 1 heterocycles. The monoisotopic (exact) mass is 170 g/mol. The van der Waals surface area contributed by atoms with E-state index in [9.17, 15) is 0 Å². The van der Waals surface area contributed by atoms with Crippen molar-refractivity contribution in [2.24, 2.45) is 11.8 Å². The molecular weight excluding hydrogens is 150 g/mol. The summed E-state index contributed by atoms with van der Waals surface area (Å²) in [5.41, 5.74) is 0. The highest BCUT2D eigenvalue weighted by Crippen LogP contribution is 2.42. The number of nitrogens with zero attached hydrogens (tertiary/aromatic N) is 1. The Bertz CT molecular complexity index is 171. The van der Waals surface area contributed by atoms with Gasteiger partial charge in [-0.05, 0) is 13.3 Å². The highest BCUT2D eigenvalue weighted by atomic mass is 16.5. The van der Waals surface area contributed by atoms with Crippen LogP contribution in [0.25, 0.3) is 0 Å². The van der Waals surface area contributed by atoms with Gasteiger partial charge in [0, 0.05) is 24.4 Å². The molecule has 2 heteroatoms. The lowest BCUT2D eigenvalue weighted by atomic mass is 10.3. The van der Waals surface area contributed by atoms with Gasteiger partial charge in [0.05, 0.1) is 0 Å². The zero-order chi connectivity index (χ0) is 8.72. The molecule has 1 aliphatic heterocycles. The van der Waals surface area contributed by atoms with Crippen molar-refractivity contribution in [3.63, 3.8) is 0 Å². The van der Waals surface area contributed by atoms with Gasteiger partial charge in [-0.3, -0.25) is 0 Å². The summed E-state index contributed by atoms with van der Waals surface area (Å²) in [6.45, 7) is 9.13. The minimum Gasteiger partial charge on any atom is -0.419 e. The molecule has 1 N–H and O–H groups in total. The van der Waals surface area contributed by atoms with E-state index in [1.54, 1.807) is 0 Å². The molecule has 0 aromatic carbocycles. The molecule has 5 unspecified atom stereocenters. The largest absolute Gasteiger partial charge is 0.419 e. The fraction of sp³-hybridized carbons (Fsp3) is 1.00. The molecule has 5 atom stereocenters. The first-order chi connectivity index (χ1) is 5.74. The van der Waals surface area contributed by atoms with Crippen LogP contribution in [0.2, 0.25) is 0 Å². The summed E-state index contributed by atoms with van der Waals surface area (Å²) in [6, 6.07) is 0.808. The summed E-state index contributed by atoms with van der Waals surface area (Å²) < 4.78 is 4.71. The molecule has 2 rings (SSSR count). The Morgan fingerprint density at radius 1 is 1.42 bits per heavy atom. The van der Waals surface area contributed by atoms with Crippen LogP contribution in [-0.4, -0.2) is 35.1 Å². The van der Waals surface area contributed by atoms with Gasteiger partial charge in [0.1, 0.15) is 0 Å². The molecule has 0 amide bonds. The average Bonchev–Trinajstić information content (AvgIpc) is 2.88. The van der Waals surface area contributed by atoms with Crippen molar-refractivity contribution in [3.05, 3.63) is 0 Å². The van der Waals surface area contributed by atoms with Crippen LogP contribution in [0.1, 0.15) is 27.2 Å². The van der Waals surface area contributed by atoms with Gasteiger partial charge in [0.25, 0.3) is 0 Å². The second-order valence-corrected chi connectivity index (χ2v) is 4.37. The predicted octanol–water partition coefficient (Wildman–Crippen LogP) is 1.22. The predicted molar refractivity (Wildman–Crippen MR) is 50.0 cm³/mol. The van der Waals surface area contributed by atoms with Gasteiger partial charge < -0.3 is 4.74 Å². The van der Waals surface area contributed by atoms with E-state index in [1.807, 2.05) is 0 Å². The molecule has 0 aromatic rings. The third-order valence-electron chi connectivity index (χ3n) is 3.45. The first-order valence-electron chi connectivity index (χ1n) is 5.14. The van der Waals surface area contributed by atoms with Crippen molar-refractivity contribution < 1.29 is 4.74 Å². The maximum atomic E-state index is 4.71. The smallest absolute Gasteiger partial charge is 0.204 e. The van der Waals surface area contributed by atoms with Crippen LogP contribution in [0.5, 0.6) is 0 Å². The quantitative estimate of drug-likeness (QED) is 0.457. The summed E-state index contributed by atoms with van der Waals surface area (Å²) in [5, 5.41) is 0. The summed E-state index contributed by atoms with van der Waals surface area (Å²) in [4.78, 5) is 2.41. The van der Waals surface area contributed by atoms with E-state index in [2.05, 4.69) is 25.7 Å². The molecule has 2 fully saturated rings. The zero-order valence-electron chi connectivity index (χ0n) is 8.33. The topological polar surface area (TPSA) is 15.8 Å². The van der Waals surface area contributed by atoms with Crippen molar-refractivity contribution in [3.8, 4) is 0 Å². The molecule has 2 nitrogen and oxygen atoms in total. The van der Waals surface area contributed by atoms with E-state index in [0.29, 0.717) is 6.10 Å². The van der Waals surface area contributed by atoms with E-state index < -0.39 is 0 Å². The van der Waals surface area contributed by atoms with Gasteiger partial charge in [-0.15, -0.1) is 0 Å². The Morgan fingerprint density at radius 2 is 2.08 bits per heavy atom. The third-order valence-corrected chi connectivity index (χ3v) is 3.45. The molecule has 0 spiro atoms. The first kappa shape index (κ1) is 8.52. The summed E-state index contributed by atoms with van der Waals surface area (Å²) in [7, 11) is 0. The number of hydrogen-bond donors (Lipinski definition) is 0. The van der Waals surface area contributed by atoms with Crippen LogP contribution in [-0.2, 0) is 0 Å². The Morgan fingerprint density at radius 3 is 2.50 bits per heavy atom. The number of aliphatic hydroxyl groups is 2. The second kappa shape index (κ2) is 3.00. The average molecular weight is 170 g/mol. The summed E-state index contributed by atoms with van der Waals surface area (Å²) in [6.07, 6.45) is 2.01. The molecule has 2 aliphatic rings. The van der Waals surface area contributed by atoms with E-state index in [4.69, 9.17) is 4.74 Å². The van der Waals surface area contributed by atoms with Crippen LogP contribution in [0.4, 0.5) is 0 Å². The molecule has 70 valence electrons. The standard InChI is InChI=1S/C10H19NO/c1-4-9-8(3)10(9)12-6-11-5-7(11)2/h7-10H,4-6H2,1-3H3/p+1. The van der Waals surface area contributed by atoms with Crippen molar-refractivity contribution in [2.75, 3.05) is 13.3 Å². The van der Waals surface area contributed by atoms with Crippen molar-refractivity contribution in [1.29, 1.82) is 0 Å². The first-order valence-corrected chi connectivity index (χ1v) is 5.14. The Kier molecular flexibility index (Phi) is 2.13. The Hall–Kier alpha value is -0.0800. The van der Waals surface area contributed by atoms with Crippen LogP contribution < -0.4 is 0 Å². The van der Waals surface area contributed by atoms with Crippen LogP contribution in [0.15, 0.2) is 0 Å². The van der Waals surface area contributed by atoms with Gasteiger partial charge in [0.2, 0.25) is 6.73 Å². The maximum Gasteiger partial charge on any atom is 0.204 e. The SMILES string of the molecule is CCC1C(C)C1[OH+]CN1CC1C. The lowest BCUT2D eigenvalue weighted by Crippen LogP contribution is -2.14. The lowest BCUT2D eigenvalue weighted by Gasteiger charge is -1.99. The molecule has 0 aromatic heterocycles. The number of ether oxygens (including phenoxy) is 1. The Balaban J connectivity index is 1.62. The molecule has 12 heavy (non-hydrogen) atoms. The molecule has 0 radical (unpaired) electrons. The molecular formula is C10H20NO+. The molecule has 0 bridgehead atoms. The molecule has 1 saturated heterocycles. The van der Waals surface area contributed by atoms with Crippen LogP contribution in [0.3, 0.4) is 0 Å². The van der Waals surface area contributed by atoms with Gasteiger partial charge >= 0.3 is 0 Å². The van der Waals surface area contributed by atoms with Gasteiger partial charge in [-0.2, -0.15) is 0 Å². The minimum atomic E-state index is 0.697. The van der Waals surface area contributed by atoms with E-state index in [0.717, 1.165) is 24.6 Å². The van der Waals surface area contributed by atoms with E-state index in [-0.39, 0.29) is 0 Å². The van der Waals surface area contributed by atoms with E-state index >= 15 is 0 Å². The minimum absolute atomic E-state index is 0.697. The zero-order valence-corrected chi connectivity index (χ0v) is 8.33. The second-order valence-electron chi connectivity index (χ2n) is 4.37. The summed E-state index contributed by atoms with van der Waals surface area (Å²) >= 11 is 0. The van der Waals surface area contributed by atoms with Crippen molar-refractivity contribution in [1.82, 2.24) is 4.90 Å². The highest BCUT2D eigenvalue weighted by molar-refractivity contribution is 4.94. The van der Waals surface area contributed by atoms with Gasteiger partial charge in [-0.1, -0.05) is 13.8 Å². The van der Waals surface area contributed by atoms with Crippen molar-refractivity contribution in [2.45, 2.75) is 39.3 Å². The lowest BCUT2D eigenvalue weighted by molar-refractivity contribution is -0.101.